The third-order valence-electron chi connectivity index (χ3n) is 6.04. The van der Waals surface area contributed by atoms with Crippen LogP contribution in [0, 0.1) is 12.7 Å². The zero-order chi connectivity index (χ0) is 22.9. The Bertz CT molecular complexity index is 1270. The third-order valence-corrected chi connectivity index (χ3v) is 6.04. The topological polar surface area (TPSA) is 48.0 Å². The average Bonchev–Trinajstić information content (AvgIpc) is 3.13. The molecule has 5 rings (SSSR count). The zero-order valence-electron chi connectivity index (χ0n) is 18.6. The maximum Gasteiger partial charge on any atom is 0.231 e. The van der Waals surface area contributed by atoms with Gasteiger partial charge in [0, 0.05) is 24.2 Å². The number of benzene rings is 3. The molecular weight excluding hydrogens is 421 g/mol. The predicted molar refractivity (Wildman–Crippen MR) is 123 cm³/mol. The smallest absolute Gasteiger partial charge is 0.231 e. The molecule has 2 aliphatic rings. The Morgan fingerprint density at radius 1 is 1.12 bits per heavy atom. The van der Waals surface area contributed by atoms with Gasteiger partial charge in [-0.3, -0.25) is 9.69 Å². The zero-order valence-corrected chi connectivity index (χ0v) is 18.6. The van der Waals surface area contributed by atoms with Crippen molar-refractivity contribution in [2.75, 3.05) is 20.4 Å². The number of hydrogen-bond donors (Lipinski definition) is 0. The van der Waals surface area contributed by atoms with Gasteiger partial charge < -0.3 is 14.2 Å². The molecule has 0 atom stereocenters. The van der Waals surface area contributed by atoms with Gasteiger partial charge in [-0.05, 0) is 54.8 Å². The normalized spacial score (nSPS) is 16.2. The molecule has 0 aromatic heterocycles. The number of ether oxygens (including phenoxy) is 3. The number of carbonyl (C=O) groups excluding carboxylic acids is 1. The van der Waals surface area contributed by atoms with E-state index in [1.165, 1.54) is 12.1 Å². The van der Waals surface area contributed by atoms with Crippen molar-refractivity contribution in [3.8, 4) is 17.2 Å². The van der Waals surface area contributed by atoms with E-state index < -0.39 is 0 Å². The minimum atomic E-state index is -0.361. The summed E-state index contributed by atoms with van der Waals surface area (Å²) < 4.78 is 31.0. The largest absolute Gasteiger partial charge is 0.496 e. The molecule has 0 radical (unpaired) electrons. The Kier molecular flexibility index (Phi) is 5.60. The second-order valence-corrected chi connectivity index (χ2v) is 8.25. The number of carbonyl (C=O) groups is 1. The molecule has 3 aromatic carbocycles. The number of para-hydroxylation sites is 1. The van der Waals surface area contributed by atoms with Gasteiger partial charge in [-0.25, -0.2) is 4.39 Å². The van der Waals surface area contributed by atoms with Gasteiger partial charge in [-0.2, -0.15) is 0 Å². The lowest BCUT2D eigenvalue weighted by Gasteiger charge is -2.30. The molecule has 0 saturated carbocycles. The summed E-state index contributed by atoms with van der Waals surface area (Å²) in [5, 5.41) is 0. The SMILES string of the molecule is COc1ccccc1CCN1COc2c(cc3c(c2C)O/C(=C\c2cccc(F)c2)C3=O)C1. The summed E-state index contributed by atoms with van der Waals surface area (Å²) >= 11 is 0. The van der Waals surface area contributed by atoms with Crippen LogP contribution in [0.25, 0.3) is 6.08 Å². The van der Waals surface area contributed by atoms with Crippen LogP contribution >= 0.6 is 0 Å². The summed E-state index contributed by atoms with van der Waals surface area (Å²) in [6.07, 6.45) is 2.40. The molecular formula is C27H24FNO4. The summed E-state index contributed by atoms with van der Waals surface area (Å²) in [7, 11) is 1.68. The first kappa shape index (κ1) is 21.2. The Labute approximate surface area is 192 Å². The van der Waals surface area contributed by atoms with Gasteiger partial charge in [0.2, 0.25) is 5.78 Å². The number of Topliss-reactive ketones (excluding diaryl/α,β-unsaturated/α-hetero) is 1. The van der Waals surface area contributed by atoms with Gasteiger partial charge in [0.15, 0.2) is 5.76 Å². The maximum atomic E-state index is 13.5. The van der Waals surface area contributed by atoms with E-state index in [9.17, 15) is 9.18 Å². The minimum absolute atomic E-state index is 0.189. The quantitative estimate of drug-likeness (QED) is 0.508. The molecule has 0 aliphatic carbocycles. The molecule has 0 saturated heterocycles. The molecule has 0 spiro atoms. The van der Waals surface area contributed by atoms with E-state index in [1.54, 1.807) is 25.3 Å². The molecule has 0 fully saturated rings. The Morgan fingerprint density at radius 2 is 1.97 bits per heavy atom. The fraction of sp³-hybridized carbons (Fsp3) is 0.222. The standard InChI is InChI=1S/C27H24FNO4/c1-17-26-20(15-29(16-32-26)11-10-19-7-3-4-9-23(19)31-2)14-22-25(30)24(33-27(17)22)13-18-6-5-8-21(28)12-18/h3-9,12-14H,10-11,15-16H2,1-2H3/b24-13-. The molecule has 0 amide bonds. The van der Waals surface area contributed by atoms with Crippen molar-refractivity contribution in [3.05, 3.63) is 94.0 Å². The van der Waals surface area contributed by atoms with Crippen LogP contribution in [-0.4, -0.2) is 31.1 Å². The number of fused-ring (bicyclic) bond motifs is 2. The summed E-state index contributed by atoms with van der Waals surface area (Å²) in [4.78, 5) is 15.2. The lowest BCUT2D eigenvalue weighted by atomic mass is 9.99. The van der Waals surface area contributed by atoms with Crippen LogP contribution in [0.5, 0.6) is 17.2 Å². The van der Waals surface area contributed by atoms with Crippen LogP contribution < -0.4 is 14.2 Å². The molecule has 0 N–H and O–H groups in total. The van der Waals surface area contributed by atoms with Gasteiger partial charge in [-0.15, -0.1) is 0 Å². The van der Waals surface area contributed by atoms with Crippen molar-refractivity contribution < 1.29 is 23.4 Å². The number of hydrogen-bond acceptors (Lipinski definition) is 5. The fourth-order valence-electron chi connectivity index (χ4n) is 4.38. The monoisotopic (exact) mass is 445 g/mol. The predicted octanol–water partition coefficient (Wildman–Crippen LogP) is 5.15. The van der Waals surface area contributed by atoms with Gasteiger partial charge in [0.1, 0.15) is 29.8 Å². The number of rotatable bonds is 5. The van der Waals surface area contributed by atoms with Crippen molar-refractivity contribution in [1.29, 1.82) is 0 Å². The van der Waals surface area contributed by atoms with Crippen LogP contribution in [0.15, 0.2) is 60.4 Å². The minimum Gasteiger partial charge on any atom is -0.496 e. The molecule has 2 heterocycles. The fourth-order valence-corrected chi connectivity index (χ4v) is 4.38. The van der Waals surface area contributed by atoms with Crippen LogP contribution in [0.4, 0.5) is 4.39 Å². The molecule has 5 nitrogen and oxygen atoms in total. The average molecular weight is 445 g/mol. The van der Waals surface area contributed by atoms with E-state index in [4.69, 9.17) is 14.2 Å². The van der Waals surface area contributed by atoms with E-state index in [-0.39, 0.29) is 17.4 Å². The van der Waals surface area contributed by atoms with Gasteiger partial charge >= 0.3 is 0 Å². The molecule has 168 valence electrons. The van der Waals surface area contributed by atoms with E-state index >= 15 is 0 Å². The third kappa shape index (κ3) is 4.10. The molecule has 2 aliphatic heterocycles. The Balaban J connectivity index is 1.36. The lowest BCUT2D eigenvalue weighted by Crippen LogP contribution is -2.34. The van der Waals surface area contributed by atoms with E-state index in [0.717, 1.165) is 41.2 Å². The molecule has 0 bridgehead atoms. The summed E-state index contributed by atoms with van der Waals surface area (Å²) in [5.74, 6) is 1.79. The van der Waals surface area contributed by atoms with Crippen molar-refractivity contribution >= 4 is 11.9 Å². The van der Waals surface area contributed by atoms with E-state index in [0.29, 0.717) is 30.2 Å². The van der Waals surface area contributed by atoms with Crippen LogP contribution in [0.2, 0.25) is 0 Å². The summed E-state index contributed by atoms with van der Waals surface area (Å²) in [6.45, 7) is 3.84. The highest BCUT2D eigenvalue weighted by Crippen LogP contribution is 2.43. The van der Waals surface area contributed by atoms with Crippen LogP contribution in [0.3, 0.4) is 0 Å². The Hall–Kier alpha value is -3.64. The first-order valence-corrected chi connectivity index (χ1v) is 10.9. The van der Waals surface area contributed by atoms with E-state index in [1.807, 2.05) is 31.2 Å². The second-order valence-electron chi connectivity index (χ2n) is 8.25. The first-order chi connectivity index (χ1) is 16.0. The molecule has 0 unspecified atom stereocenters. The van der Waals surface area contributed by atoms with Crippen molar-refractivity contribution in [3.63, 3.8) is 0 Å². The maximum absolute atomic E-state index is 13.5. The second kappa shape index (κ2) is 8.71. The Morgan fingerprint density at radius 3 is 2.79 bits per heavy atom. The highest BCUT2D eigenvalue weighted by molar-refractivity contribution is 6.15. The summed E-state index contributed by atoms with van der Waals surface area (Å²) in [5.41, 5.74) is 4.01. The molecule has 3 aromatic rings. The highest BCUT2D eigenvalue weighted by Gasteiger charge is 2.33. The number of nitrogens with zero attached hydrogens (tertiary/aromatic N) is 1. The van der Waals surface area contributed by atoms with Crippen LogP contribution in [-0.2, 0) is 13.0 Å². The van der Waals surface area contributed by atoms with Gasteiger partial charge in [0.05, 0.1) is 12.7 Å². The van der Waals surface area contributed by atoms with Gasteiger partial charge in [-0.1, -0.05) is 30.3 Å². The number of methoxy groups -OCH3 is 1. The number of halogens is 1. The highest BCUT2D eigenvalue weighted by atomic mass is 19.1. The first-order valence-electron chi connectivity index (χ1n) is 10.9. The van der Waals surface area contributed by atoms with Crippen molar-refractivity contribution in [1.82, 2.24) is 4.90 Å². The summed E-state index contributed by atoms with van der Waals surface area (Å²) in [6, 6.07) is 15.9. The van der Waals surface area contributed by atoms with Crippen LogP contribution in [0.1, 0.15) is 32.6 Å². The molecule has 6 heteroatoms. The van der Waals surface area contributed by atoms with Crippen molar-refractivity contribution in [2.24, 2.45) is 0 Å². The molecule has 33 heavy (non-hydrogen) atoms. The number of ketones is 1. The van der Waals surface area contributed by atoms with Crippen molar-refractivity contribution in [2.45, 2.75) is 19.9 Å². The van der Waals surface area contributed by atoms with Gasteiger partial charge in [0.25, 0.3) is 0 Å². The lowest BCUT2D eigenvalue weighted by molar-refractivity contribution is 0.0952. The van der Waals surface area contributed by atoms with E-state index in [2.05, 4.69) is 11.0 Å². The number of allylic oxidation sites excluding steroid dienone is 1.